The van der Waals surface area contributed by atoms with E-state index in [-0.39, 0.29) is 12.1 Å². The normalized spacial score (nSPS) is 45.5. The molecular formula is C29H50O2. The van der Waals surface area contributed by atoms with Crippen molar-refractivity contribution in [1.82, 2.24) is 0 Å². The van der Waals surface area contributed by atoms with Crippen LogP contribution in [0.4, 0.5) is 0 Å². The fraction of sp³-hybridized carbons (Fsp3) is 0.966. The van der Waals surface area contributed by atoms with Gasteiger partial charge in [-0.1, -0.05) is 53.9 Å². The third-order valence-electron chi connectivity index (χ3n) is 11.2. The second-order valence-electron chi connectivity index (χ2n) is 13.2. The van der Waals surface area contributed by atoms with E-state index in [4.69, 9.17) is 4.74 Å². The van der Waals surface area contributed by atoms with E-state index in [9.17, 15) is 4.79 Å². The third-order valence-corrected chi connectivity index (χ3v) is 11.2. The summed E-state index contributed by atoms with van der Waals surface area (Å²) in [6.07, 6.45) is 16.6. The second kappa shape index (κ2) is 9.02. The van der Waals surface area contributed by atoms with Crippen LogP contribution in [-0.2, 0) is 9.53 Å². The van der Waals surface area contributed by atoms with Crippen LogP contribution in [0.1, 0.15) is 119 Å². The summed E-state index contributed by atoms with van der Waals surface area (Å²) < 4.78 is 5.65. The minimum Gasteiger partial charge on any atom is -0.463 e. The van der Waals surface area contributed by atoms with Crippen molar-refractivity contribution in [2.75, 3.05) is 0 Å². The average Bonchev–Trinajstić information content (AvgIpc) is 3.05. The van der Waals surface area contributed by atoms with Gasteiger partial charge in [0, 0.05) is 6.92 Å². The predicted octanol–water partition coefficient (Wildman–Crippen LogP) is 8.04. The van der Waals surface area contributed by atoms with Crippen LogP contribution in [0.2, 0.25) is 0 Å². The standard InChI is InChI=1S/C29H50O2/c1-19(2)8-7-9-20(3)25-12-13-26-24-11-10-22-18-23(31-21(4)30)14-16-28(22,5)27(24)15-17-29(25,26)6/h19-20,22-27H,7-18H2,1-6H3/t20-,22+,23+,24+,25-,26+,27+,28+,29-/m1/s1. The molecule has 2 nitrogen and oxygen atoms in total. The third kappa shape index (κ3) is 4.35. The minimum atomic E-state index is -0.0877. The van der Waals surface area contributed by atoms with E-state index in [0.29, 0.717) is 10.8 Å². The number of fused-ring (bicyclic) bond motifs is 5. The molecule has 0 unspecified atom stereocenters. The fourth-order valence-corrected chi connectivity index (χ4v) is 9.59. The number of carbonyl (C=O) groups is 1. The number of ether oxygens (including phenoxy) is 1. The van der Waals surface area contributed by atoms with E-state index in [0.717, 1.165) is 54.3 Å². The summed E-state index contributed by atoms with van der Waals surface area (Å²) in [5.74, 6) is 6.22. The summed E-state index contributed by atoms with van der Waals surface area (Å²) >= 11 is 0. The first-order chi connectivity index (χ1) is 14.6. The summed E-state index contributed by atoms with van der Waals surface area (Å²) in [6, 6.07) is 0. The highest BCUT2D eigenvalue weighted by Gasteiger charge is 2.60. The molecule has 4 saturated carbocycles. The van der Waals surface area contributed by atoms with E-state index < -0.39 is 0 Å². The molecule has 4 fully saturated rings. The molecular weight excluding hydrogens is 380 g/mol. The van der Waals surface area contributed by atoms with Gasteiger partial charge in [-0.3, -0.25) is 4.79 Å². The van der Waals surface area contributed by atoms with Gasteiger partial charge in [0.1, 0.15) is 6.10 Å². The molecule has 4 aliphatic rings. The largest absolute Gasteiger partial charge is 0.463 e. The summed E-state index contributed by atoms with van der Waals surface area (Å²) in [4.78, 5) is 11.5. The predicted molar refractivity (Wildman–Crippen MR) is 129 cm³/mol. The van der Waals surface area contributed by atoms with Gasteiger partial charge < -0.3 is 4.74 Å². The van der Waals surface area contributed by atoms with Gasteiger partial charge >= 0.3 is 5.97 Å². The molecule has 4 aliphatic carbocycles. The highest BCUT2D eigenvalue weighted by Crippen LogP contribution is 2.68. The monoisotopic (exact) mass is 430 g/mol. The Balaban J connectivity index is 1.43. The lowest BCUT2D eigenvalue weighted by Crippen LogP contribution is -2.54. The first-order valence-electron chi connectivity index (χ1n) is 13.8. The summed E-state index contributed by atoms with van der Waals surface area (Å²) in [6.45, 7) is 14.2. The second-order valence-corrected chi connectivity index (χ2v) is 13.2. The molecule has 0 radical (unpaired) electrons. The number of carbonyl (C=O) groups excluding carboxylic acids is 1. The Bertz CT molecular complexity index is 641. The maximum absolute atomic E-state index is 11.5. The van der Waals surface area contributed by atoms with Crippen LogP contribution in [0, 0.1) is 52.3 Å². The summed E-state index contributed by atoms with van der Waals surface area (Å²) in [5.41, 5.74) is 1.08. The van der Waals surface area contributed by atoms with Gasteiger partial charge in [0.15, 0.2) is 0 Å². The molecule has 0 heterocycles. The lowest BCUT2D eigenvalue weighted by atomic mass is 9.44. The van der Waals surface area contributed by atoms with Gasteiger partial charge in [-0.05, 0) is 110 Å². The van der Waals surface area contributed by atoms with Gasteiger partial charge in [-0.2, -0.15) is 0 Å². The Hall–Kier alpha value is -0.530. The number of hydrogen-bond donors (Lipinski definition) is 0. The maximum atomic E-state index is 11.5. The topological polar surface area (TPSA) is 26.3 Å². The molecule has 0 spiro atoms. The number of esters is 1. The van der Waals surface area contributed by atoms with Crippen molar-refractivity contribution in [2.45, 2.75) is 125 Å². The van der Waals surface area contributed by atoms with Crippen LogP contribution in [0.25, 0.3) is 0 Å². The lowest BCUT2D eigenvalue weighted by molar-refractivity contribution is -0.160. The molecule has 31 heavy (non-hydrogen) atoms. The zero-order valence-electron chi connectivity index (χ0n) is 21.4. The van der Waals surface area contributed by atoms with Gasteiger partial charge in [0.2, 0.25) is 0 Å². The van der Waals surface area contributed by atoms with Crippen molar-refractivity contribution >= 4 is 5.97 Å². The molecule has 2 heteroatoms. The highest BCUT2D eigenvalue weighted by molar-refractivity contribution is 5.66. The molecule has 0 aliphatic heterocycles. The molecule has 9 atom stereocenters. The molecule has 178 valence electrons. The molecule has 0 aromatic carbocycles. The van der Waals surface area contributed by atoms with E-state index >= 15 is 0 Å². The van der Waals surface area contributed by atoms with Gasteiger partial charge in [-0.25, -0.2) is 0 Å². The van der Waals surface area contributed by atoms with E-state index in [1.165, 1.54) is 64.2 Å². The minimum absolute atomic E-state index is 0.0877. The zero-order valence-corrected chi connectivity index (χ0v) is 21.4. The van der Waals surface area contributed by atoms with Crippen molar-refractivity contribution < 1.29 is 9.53 Å². The molecule has 0 bridgehead atoms. The highest BCUT2D eigenvalue weighted by atomic mass is 16.5. The summed E-state index contributed by atoms with van der Waals surface area (Å²) in [5, 5.41) is 0. The van der Waals surface area contributed by atoms with Gasteiger partial charge in [0.05, 0.1) is 0 Å². The molecule has 0 aromatic heterocycles. The first-order valence-corrected chi connectivity index (χ1v) is 13.8. The molecule has 0 amide bonds. The lowest BCUT2D eigenvalue weighted by Gasteiger charge is -2.61. The van der Waals surface area contributed by atoms with E-state index in [1.54, 1.807) is 6.92 Å². The van der Waals surface area contributed by atoms with Crippen LogP contribution in [-0.4, -0.2) is 12.1 Å². The van der Waals surface area contributed by atoms with Crippen LogP contribution in [0.3, 0.4) is 0 Å². The van der Waals surface area contributed by atoms with Crippen LogP contribution in [0.15, 0.2) is 0 Å². The van der Waals surface area contributed by atoms with Crippen LogP contribution >= 0.6 is 0 Å². The van der Waals surface area contributed by atoms with Crippen molar-refractivity contribution in [3.8, 4) is 0 Å². The van der Waals surface area contributed by atoms with Crippen molar-refractivity contribution in [1.29, 1.82) is 0 Å². The Morgan fingerprint density at radius 3 is 2.32 bits per heavy atom. The average molecular weight is 431 g/mol. The van der Waals surface area contributed by atoms with Crippen molar-refractivity contribution in [3.05, 3.63) is 0 Å². The van der Waals surface area contributed by atoms with Crippen LogP contribution in [0.5, 0.6) is 0 Å². The van der Waals surface area contributed by atoms with Crippen LogP contribution < -0.4 is 0 Å². The van der Waals surface area contributed by atoms with Gasteiger partial charge in [-0.15, -0.1) is 0 Å². The zero-order chi connectivity index (χ0) is 22.4. The Kier molecular flexibility index (Phi) is 6.87. The van der Waals surface area contributed by atoms with E-state index in [2.05, 4.69) is 34.6 Å². The molecule has 0 saturated heterocycles. The van der Waals surface area contributed by atoms with Crippen molar-refractivity contribution in [3.63, 3.8) is 0 Å². The number of rotatable bonds is 6. The van der Waals surface area contributed by atoms with E-state index in [1.807, 2.05) is 0 Å². The Labute approximate surface area is 192 Å². The van der Waals surface area contributed by atoms with Crippen molar-refractivity contribution in [2.24, 2.45) is 52.3 Å². The summed E-state index contributed by atoms with van der Waals surface area (Å²) in [7, 11) is 0. The molecule has 0 N–H and O–H groups in total. The fourth-order valence-electron chi connectivity index (χ4n) is 9.59. The Morgan fingerprint density at radius 1 is 0.903 bits per heavy atom. The number of hydrogen-bond acceptors (Lipinski definition) is 2. The van der Waals surface area contributed by atoms with Gasteiger partial charge in [0.25, 0.3) is 0 Å². The molecule has 4 rings (SSSR count). The quantitative estimate of drug-likeness (QED) is 0.398. The maximum Gasteiger partial charge on any atom is 0.302 e. The smallest absolute Gasteiger partial charge is 0.302 e. The molecule has 0 aromatic rings. The first kappa shape index (κ1) is 23.6. The SMILES string of the molecule is CC(=O)O[C@H]1CC[C@@]2(C)[C@@H](CC[C@@H]3[C@@H]2CC[C@]2(C)[C@@H]([C@H](C)CCCC(C)C)CC[C@@H]32)C1. The Morgan fingerprint density at radius 2 is 1.61 bits per heavy atom.